The molecule has 2 aromatic rings. The van der Waals surface area contributed by atoms with Crippen LogP contribution < -0.4 is 5.32 Å². The van der Waals surface area contributed by atoms with Gasteiger partial charge in [0, 0.05) is 11.3 Å². The van der Waals surface area contributed by atoms with Crippen LogP contribution in [0, 0.1) is 13.8 Å². The summed E-state index contributed by atoms with van der Waals surface area (Å²) in [4.78, 5) is 11.7. The van der Waals surface area contributed by atoms with Crippen molar-refractivity contribution in [3.63, 3.8) is 0 Å². The Bertz CT molecular complexity index is 505. The van der Waals surface area contributed by atoms with Gasteiger partial charge in [-0.25, -0.2) is 0 Å². The normalized spacial score (nSPS) is 10.1. The monoisotopic (exact) mass is 217 g/mol. The standard InChI is InChI=1S/C10H11N5O/c1-6-7(2)14-15-9(6)13-10(16)8-3-4-11-12-5-8/h3-5H,1-2H3,(H2,13,14,15,16). The average Bonchev–Trinajstić information content (AvgIpc) is 2.62. The summed E-state index contributed by atoms with van der Waals surface area (Å²) < 4.78 is 0. The molecule has 16 heavy (non-hydrogen) atoms. The van der Waals surface area contributed by atoms with Crippen molar-refractivity contribution in [2.24, 2.45) is 0 Å². The van der Waals surface area contributed by atoms with Gasteiger partial charge in [-0.05, 0) is 19.9 Å². The number of carbonyl (C=O) groups is 1. The maximum Gasteiger partial charge on any atom is 0.258 e. The van der Waals surface area contributed by atoms with Crippen molar-refractivity contribution < 1.29 is 4.79 Å². The first kappa shape index (κ1) is 10.3. The number of hydrogen-bond donors (Lipinski definition) is 2. The zero-order valence-corrected chi connectivity index (χ0v) is 8.98. The average molecular weight is 217 g/mol. The van der Waals surface area contributed by atoms with E-state index in [1.807, 2.05) is 13.8 Å². The van der Waals surface area contributed by atoms with Gasteiger partial charge in [-0.2, -0.15) is 15.3 Å². The second kappa shape index (κ2) is 4.09. The molecule has 0 aliphatic rings. The number of hydrogen-bond acceptors (Lipinski definition) is 4. The lowest BCUT2D eigenvalue weighted by Crippen LogP contribution is -2.13. The van der Waals surface area contributed by atoms with Gasteiger partial charge in [0.05, 0.1) is 18.0 Å². The van der Waals surface area contributed by atoms with E-state index in [4.69, 9.17) is 0 Å². The fourth-order valence-electron chi connectivity index (χ4n) is 1.21. The fourth-order valence-corrected chi connectivity index (χ4v) is 1.21. The van der Waals surface area contributed by atoms with Crippen LogP contribution in [0.4, 0.5) is 5.82 Å². The number of H-pyrrole nitrogens is 1. The number of carbonyl (C=O) groups excluding carboxylic acids is 1. The molecular weight excluding hydrogens is 206 g/mol. The summed E-state index contributed by atoms with van der Waals surface area (Å²) in [5, 5.41) is 16.7. The maximum absolute atomic E-state index is 11.7. The van der Waals surface area contributed by atoms with Gasteiger partial charge in [0.15, 0.2) is 5.82 Å². The molecule has 0 saturated heterocycles. The number of aromatic nitrogens is 4. The quantitative estimate of drug-likeness (QED) is 0.788. The van der Waals surface area contributed by atoms with Crippen LogP contribution in [0.25, 0.3) is 0 Å². The van der Waals surface area contributed by atoms with Gasteiger partial charge < -0.3 is 5.32 Å². The minimum absolute atomic E-state index is 0.246. The van der Waals surface area contributed by atoms with E-state index in [-0.39, 0.29) is 5.91 Å². The van der Waals surface area contributed by atoms with Gasteiger partial charge in [-0.1, -0.05) is 0 Å². The second-order valence-corrected chi connectivity index (χ2v) is 3.41. The van der Waals surface area contributed by atoms with E-state index in [0.29, 0.717) is 11.4 Å². The van der Waals surface area contributed by atoms with Crippen LogP contribution in [0.15, 0.2) is 18.5 Å². The van der Waals surface area contributed by atoms with Crippen LogP contribution in [0.2, 0.25) is 0 Å². The van der Waals surface area contributed by atoms with E-state index in [0.717, 1.165) is 11.3 Å². The van der Waals surface area contributed by atoms with E-state index < -0.39 is 0 Å². The molecule has 1 amide bonds. The van der Waals surface area contributed by atoms with Crippen LogP contribution in [0.1, 0.15) is 21.6 Å². The van der Waals surface area contributed by atoms with Crippen molar-refractivity contribution in [2.75, 3.05) is 5.32 Å². The SMILES string of the molecule is Cc1[nH]nc(NC(=O)c2ccnnc2)c1C. The first-order chi connectivity index (χ1) is 7.68. The predicted octanol–water partition coefficient (Wildman–Crippen LogP) is 1.07. The molecule has 2 heterocycles. The Morgan fingerprint density at radius 1 is 1.38 bits per heavy atom. The number of aromatic amines is 1. The summed E-state index contributed by atoms with van der Waals surface area (Å²) >= 11 is 0. The third-order valence-corrected chi connectivity index (χ3v) is 2.33. The molecule has 0 aliphatic carbocycles. The lowest BCUT2D eigenvalue weighted by molar-refractivity contribution is 0.102. The van der Waals surface area contributed by atoms with Crippen LogP contribution in [-0.4, -0.2) is 26.3 Å². The number of amides is 1. The van der Waals surface area contributed by atoms with Crippen molar-refractivity contribution in [2.45, 2.75) is 13.8 Å². The van der Waals surface area contributed by atoms with E-state index >= 15 is 0 Å². The van der Waals surface area contributed by atoms with Crippen LogP contribution in [0.5, 0.6) is 0 Å². The highest BCUT2D eigenvalue weighted by atomic mass is 16.1. The Balaban J connectivity index is 2.17. The highest BCUT2D eigenvalue weighted by molar-refractivity contribution is 6.03. The van der Waals surface area contributed by atoms with Crippen LogP contribution >= 0.6 is 0 Å². The Hall–Kier alpha value is -2.24. The molecular formula is C10H11N5O. The molecule has 2 rings (SSSR count). The molecule has 0 bridgehead atoms. The number of nitrogens with one attached hydrogen (secondary N) is 2. The van der Waals surface area contributed by atoms with E-state index in [2.05, 4.69) is 25.7 Å². The molecule has 0 fully saturated rings. The minimum Gasteiger partial charge on any atom is -0.305 e. The molecule has 82 valence electrons. The maximum atomic E-state index is 11.7. The Morgan fingerprint density at radius 2 is 2.19 bits per heavy atom. The highest BCUT2D eigenvalue weighted by Gasteiger charge is 2.10. The van der Waals surface area contributed by atoms with E-state index in [1.165, 1.54) is 12.4 Å². The van der Waals surface area contributed by atoms with Crippen LogP contribution in [-0.2, 0) is 0 Å². The Labute approximate surface area is 92.1 Å². The predicted molar refractivity (Wildman–Crippen MR) is 58.0 cm³/mol. The fraction of sp³-hybridized carbons (Fsp3) is 0.200. The van der Waals surface area contributed by atoms with Crippen molar-refractivity contribution >= 4 is 11.7 Å². The van der Waals surface area contributed by atoms with Gasteiger partial charge in [0.1, 0.15) is 0 Å². The molecule has 0 unspecified atom stereocenters. The third kappa shape index (κ3) is 1.90. The molecule has 0 radical (unpaired) electrons. The number of anilines is 1. The van der Waals surface area contributed by atoms with Crippen molar-refractivity contribution in [3.05, 3.63) is 35.3 Å². The van der Waals surface area contributed by atoms with Crippen LogP contribution in [0.3, 0.4) is 0 Å². The van der Waals surface area contributed by atoms with Gasteiger partial charge in [-0.15, -0.1) is 0 Å². The molecule has 0 aromatic carbocycles. The van der Waals surface area contributed by atoms with Gasteiger partial charge in [0.25, 0.3) is 5.91 Å². The molecule has 0 atom stereocenters. The molecule has 2 aromatic heterocycles. The Morgan fingerprint density at radius 3 is 2.75 bits per heavy atom. The summed E-state index contributed by atoms with van der Waals surface area (Å²) in [5.74, 6) is 0.295. The van der Waals surface area contributed by atoms with Crippen molar-refractivity contribution in [1.29, 1.82) is 0 Å². The summed E-state index contributed by atoms with van der Waals surface area (Å²) in [6.07, 6.45) is 2.88. The van der Waals surface area contributed by atoms with Gasteiger partial charge in [-0.3, -0.25) is 9.89 Å². The molecule has 0 saturated carbocycles. The number of rotatable bonds is 2. The highest BCUT2D eigenvalue weighted by Crippen LogP contribution is 2.14. The molecule has 6 heteroatoms. The summed E-state index contributed by atoms with van der Waals surface area (Å²) in [5.41, 5.74) is 2.31. The number of aryl methyl sites for hydroxylation is 1. The van der Waals surface area contributed by atoms with Crippen molar-refractivity contribution in [1.82, 2.24) is 20.4 Å². The largest absolute Gasteiger partial charge is 0.305 e. The first-order valence-electron chi connectivity index (χ1n) is 4.78. The summed E-state index contributed by atoms with van der Waals surface area (Å²) in [6, 6.07) is 1.59. The lowest BCUT2D eigenvalue weighted by Gasteiger charge is -2.01. The first-order valence-corrected chi connectivity index (χ1v) is 4.78. The second-order valence-electron chi connectivity index (χ2n) is 3.41. The number of nitrogens with zero attached hydrogens (tertiary/aromatic N) is 3. The summed E-state index contributed by atoms with van der Waals surface area (Å²) in [7, 11) is 0. The minimum atomic E-state index is -0.246. The summed E-state index contributed by atoms with van der Waals surface area (Å²) in [6.45, 7) is 3.78. The van der Waals surface area contributed by atoms with E-state index in [9.17, 15) is 4.79 Å². The van der Waals surface area contributed by atoms with Gasteiger partial charge >= 0.3 is 0 Å². The van der Waals surface area contributed by atoms with Gasteiger partial charge in [0.2, 0.25) is 0 Å². The van der Waals surface area contributed by atoms with E-state index in [1.54, 1.807) is 6.07 Å². The molecule has 0 spiro atoms. The third-order valence-electron chi connectivity index (χ3n) is 2.33. The zero-order valence-electron chi connectivity index (χ0n) is 8.98. The Kier molecular flexibility index (Phi) is 2.63. The molecule has 2 N–H and O–H groups in total. The molecule has 6 nitrogen and oxygen atoms in total. The smallest absolute Gasteiger partial charge is 0.258 e. The zero-order chi connectivity index (χ0) is 11.5. The topological polar surface area (TPSA) is 83.6 Å². The lowest BCUT2D eigenvalue weighted by atomic mass is 10.2. The molecule has 0 aliphatic heterocycles. The van der Waals surface area contributed by atoms with Crippen molar-refractivity contribution in [3.8, 4) is 0 Å².